The van der Waals surface area contributed by atoms with Gasteiger partial charge in [0.25, 0.3) is 0 Å². The number of carbonyl (C=O) groups is 1. The van der Waals surface area contributed by atoms with Crippen LogP contribution >= 0.6 is 12.4 Å². The number of rotatable bonds is 5. The smallest absolute Gasteiger partial charge is 0.237 e. The molecule has 124 valence electrons. The lowest BCUT2D eigenvalue weighted by molar-refractivity contribution is -0.124. The zero-order valence-electron chi connectivity index (χ0n) is 12.8. The van der Waals surface area contributed by atoms with Gasteiger partial charge in [-0.05, 0) is 43.7 Å². The molecular formula is C16H24ClFN2O2. The largest absolute Gasteiger partial charge is 0.381 e. The Bertz CT molecular complexity index is 481. The molecule has 2 atom stereocenters. The Hall–Kier alpha value is -1.17. The lowest BCUT2D eigenvalue weighted by Crippen LogP contribution is -2.49. The number of halogens is 2. The molecule has 2 unspecified atom stereocenters. The van der Waals surface area contributed by atoms with Crippen LogP contribution in [0.3, 0.4) is 0 Å². The van der Waals surface area contributed by atoms with Gasteiger partial charge in [0.15, 0.2) is 0 Å². The molecule has 0 radical (unpaired) electrons. The van der Waals surface area contributed by atoms with E-state index in [1.165, 1.54) is 6.07 Å². The average Bonchev–Trinajstić information content (AvgIpc) is 2.49. The SMILES string of the molecule is CC(Cc1ccccc1F)NC(=O)C(N)C1CCOCC1.Cl. The van der Waals surface area contributed by atoms with E-state index in [0.29, 0.717) is 25.2 Å². The Morgan fingerprint density at radius 2 is 2.05 bits per heavy atom. The molecule has 0 aromatic heterocycles. The second-order valence-electron chi connectivity index (χ2n) is 5.68. The average molecular weight is 331 g/mol. The molecule has 0 saturated carbocycles. The summed E-state index contributed by atoms with van der Waals surface area (Å²) >= 11 is 0. The molecule has 4 nitrogen and oxygen atoms in total. The zero-order valence-corrected chi connectivity index (χ0v) is 13.6. The Labute approximate surface area is 137 Å². The Morgan fingerprint density at radius 1 is 1.41 bits per heavy atom. The van der Waals surface area contributed by atoms with Gasteiger partial charge in [0, 0.05) is 19.3 Å². The summed E-state index contributed by atoms with van der Waals surface area (Å²) in [5.41, 5.74) is 6.62. The van der Waals surface area contributed by atoms with Crippen LogP contribution in [0.2, 0.25) is 0 Å². The van der Waals surface area contributed by atoms with Crippen molar-refractivity contribution in [2.75, 3.05) is 13.2 Å². The van der Waals surface area contributed by atoms with Crippen LogP contribution in [0.5, 0.6) is 0 Å². The maximum atomic E-state index is 13.6. The quantitative estimate of drug-likeness (QED) is 0.868. The van der Waals surface area contributed by atoms with Gasteiger partial charge in [0.1, 0.15) is 5.82 Å². The van der Waals surface area contributed by atoms with Crippen LogP contribution in [0.4, 0.5) is 4.39 Å². The second kappa shape index (κ2) is 9.08. The van der Waals surface area contributed by atoms with E-state index >= 15 is 0 Å². The first-order valence-electron chi connectivity index (χ1n) is 7.45. The van der Waals surface area contributed by atoms with E-state index in [1.54, 1.807) is 18.2 Å². The molecule has 6 heteroatoms. The monoisotopic (exact) mass is 330 g/mol. The first kappa shape index (κ1) is 18.9. The minimum Gasteiger partial charge on any atom is -0.381 e. The molecule has 1 aromatic rings. The molecule has 1 saturated heterocycles. The van der Waals surface area contributed by atoms with Crippen LogP contribution in [0.15, 0.2) is 24.3 Å². The predicted molar refractivity (Wildman–Crippen MR) is 86.5 cm³/mol. The summed E-state index contributed by atoms with van der Waals surface area (Å²) in [6.45, 7) is 3.19. The van der Waals surface area contributed by atoms with E-state index in [2.05, 4.69) is 5.32 Å². The fourth-order valence-electron chi connectivity index (χ4n) is 2.67. The van der Waals surface area contributed by atoms with Gasteiger partial charge in [-0.15, -0.1) is 12.4 Å². The summed E-state index contributed by atoms with van der Waals surface area (Å²) in [6, 6.07) is 5.94. The first-order chi connectivity index (χ1) is 10.1. The van der Waals surface area contributed by atoms with Gasteiger partial charge in [-0.3, -0.25) is 4.79 Å². The highest BCUT2D eigenvalue weighted by molar-refractivity contribution is 5.85. The molecule has 1 aromatic carbocycles. The molecule has 3 N–H and O–H groups in total. The number of amides is 1. The number of hydrogen-bond donors (Lipinski definition) is 2. The number of nitrogens with one attached hydrogen (secondary N) is 1. The Kier molecular flexibility index (Phi) is 7.79. The summed E-state index contributed by atoms with van der Waals surface area (Å²) < 4.78 is 18.9. The van der Waals surface area contributed by atoms with Crippen molar-refractivity contribution in [3.05, 3.63) is 35.6 Å². The third-order valence-corrected chi connectivity index (χ3v) is 3.95. The molecule has 1 aliphatic rings. The lowest BCUT2D eigenvalue weighted by Gasteiger charge is -2.27. The number of ether oxygens (including phenoxy) is 1. The standard InChI is InChI=1S/C16H23FN2O2.ClH/c1-11(10-13-4-2-3-5-14(13)17)19-16(20)15(18)12-6-8-21-9-7-12;/h2-5,11-12,15H,6-10,18H2,1H3,(H,19,20);1H. The zero-order chi connectivity index (χ0) is 15.2. The third kappa shape index (κ3) is 5.23. The highest BCUT2D eigenvalue weighted by Crippen LogP contribution is 2.18. The molecule has 1 aliphatic heterocycles. The predicted octanol–water partition coefficient (Wildman–Crippen LogP) is 2.05. The van der Waals surface area contributed by atoms with Crippen molar-refractivity contribution in [2.24, 2.45) is 11.7 Å². The van der Waals surface area contributed by atoms with Crippen molar-refractivity contribution in [1.29, 1.82) is 0 Å². The van der Waals surface area contributed by atoms with Gasteiger partial charge in [0.05, 0.1) is 6.04 Å². The van der Waals surface area contributed by atoms with Crippen molar-refractivity contribution >= 4 is 18.3 Å². The molecule has 22 heavy (non-hydrogen) atoms. The van der Waals surface area contributed by atoms with E-state index in [1.807, 2.05) is 6.92 Å². The molecule has 0 bridgehead atoms. The minimum absolute atomic E-state index is 0. The van der Waals surface area contributed by atoms with Gasteiger partial charge >= 0.3 is 0 Å². The van der Waals surface area contributed by atoms with E-state index < -0.39 is 6.04 Å². The molecule has 2 rings (SSSR count). The third-order valence-electron chi connectivity index (χ3n) is 3.95. The van der Waals surface area contributed by atoms with Crippen molar-refractivity contribution in [2.45, 2.75) is 38.3 Å². The van der Waals surface area contributed by atoms with Crippen LogP contribution < -0.4 is 11.1 Å². The molecule has 0 spiro atoms. The van der Waals surface area contributed by atoms with Crippen LogP contribution in [-0.4, -0.2) is 31.2 Å². The fraction of sp³-hybridized carbons (Fsp3) is 0.562. The van der Waals surface area contributed by atoms with Gasteiger partial charge in [-0.1, -0.05) is 18.2 Å². The first-order valence-corrected chi connectivity index (χ1v) is 7.45. The highest BCUT2D eigenvalue weighted by Gasteiger charge is 2.27. The second-order valence-corrected chi connectivity index (χ2v) is 5.68. The van der Waals surface area contributed by atoms with Gasteiger partial charge in [-0.2, -0.15) is 0 Å². The molecule has 1 heterocycles. The fourth-order valence-corrected chi connectivity index (χ4v) is 2.67. The Morgan fingerprint density at radius 3 is 2.68 bits per heavy atom. The highest BCUT2D eigenvalue weighted by atomic mass is 35.5. The van der Waals surface area contributed by atoms with Crippen LogP contribution in [0.1, 0.15) is 25.3 Å². The van der Waals surface area contributed by atoms with Crippen LogP contribution in [0.25, 0.3) is 0 Å². The lowest BCUT2D eigenvalue weighted by atomic mass is 9.91. The summed E-state index contributed by atoms with van der Waals surface area (Å²) in [5, 5.41) is 2.88. The molecule has 1 fully saturated rings. The number of carbonyl (C=O) groups excluding carboxylic acids is 1. The van der Waals surface area contributed by atoms with E-state index in [4.69, 9.17) is 10.5 Å². The molecule has 0 aliphatic carbocycles. The molecular weight excluding hydrogens is 307 g/mol. The summed E-state index contributed by atoms with van der Waals surface area (Å²) in [5.74, 6) is -0.238. The van der Waals surface area contributed by atoms with Gasteiger partial charge in [-0.25, -0.2) is 4.39 Å². The van der Waals surface area contributed by atoms with Crippen molar-refractivity contribution in [3.8, 4) is 0 Å². The maximum absolute atomic E-state index is 13.6. The number of hydrogen-bond acceptors (Lipinski definition) is 3. The summed E-state index contributed by atoms with van der Waals surface area (Å²) in [6.07, 6.45) is 2.09. The topological polar surface area (TPSA) is 64.4 Å². The number of benzene rings is 1. The Balaban J connectivity index is 0.00000242. The van der Waals surface area contributed by atoms with E-state index in [9.17, 15) is 9.18 Å². The van der Waals surface area contributed by atoms with Gasteiger partial charge < -0.3 is 15.8 Å². The molecule has 1 amide bonds. The normalized spacial score (nSPS) is 18.1. The minimum atomic E-state index is -0.517. The summed E-state index contributed by atoms with van der Waals surface area (Å²) in [7, 11) is 0. The van der Waals surface area contributed by atoms with Crippen molar-refractivity contribution < 1.29 is 13.9 Å². The number of nitrogens with two attached hydrogens (primary N) is 1. The van der Waals surface area contributed by atoms with Crippen molar-refractivity contribution in [3.63, 3.8) is 0 Å². The van der Waals surface area contributed by atoms with Gasteiger partial charge in [0.2, 0.25) is 5.91 Å². The maximum Gasteiger partial charge on any atom is 0.237 e. The van der Waals surface area contributed by atoms with Crippen LogP contribution in [0, 0.1) is 11.7 Å². The van der Waals surface area contributed by atoms with Crippen LogP contribution in [-0.2, 0) is 16.0 Å². The van der Waals surface area contributed by atoms with E-state index in [-0.39, 0.29) is 36.1 Å². The summed E-state index contributed by atoms with van der Waals surface area (Å²) in [4.78, 5) is 12.2. The van der Waals surface area contributed by atoms with Crippen molar-refractivity contribution in [1.82, 2.24) is 5.32 Å². The van der Waals surface area contributed by atoms with E-state index in [0.717, 1.165) is 12.8 Å².